The average molecular weight is 297 g/mol. The average Bonchev–Trinajstić information content (AvgIpc) is 2.36. The lowest BCUT2D eigenvalue weighted by atomic mass is 10.3. The lowest BCUT2D eigenvalue weighted by Gasteiger charge is -2.09. The van der Waals surface area contributed by atoms with E-state index in [-0.39, 0.29) is 0 Å². The molecule has 0 aliphatic carbocycles. The first-order chi connectivity index (χ1) is 8.69. The largest absolute Gasteiger partial charge is 0.535 e. The van der Waals surface area contributed by atoms with Crippen molar-refractivity contribution < 1.29 is 31.0 Å². The van der Waals surface area contributed by atoms with Crippen LogP contribution in [0.1, 0.15) is 0 Å². The molecule has 0 amide bonds. The number of nitro groups is 1. The molecule has 0 aromatic heterocycles. The van der Waals surface area contributed by atoms with Crippen LogP contribution in [0.2, 0.25) is 0 Å². The van der Waals surface area contributed by atoms with Crippen molar-refractivity contribution in [3.05, 3.63) is 34.4 Å². The van der Waals surface area contributed by atoms with E-state index in [4.69, 9.17) is 4.74 Å². The summed E-state index contributed by atoms with van der Waals surface area (Å²) in [4.78, 5) is 7.59. The second kappa shape index (κ2) is 5.45. The summed E-state index contributed by atoms with van der Waals surface area (Å²) in [6, 6.07) is 0.222. The van der Waals surface area contributed by atoms with Gasteiger partial charge in [-0.2, -0.15) is 8.42 Å². The Balaban J connectivity index is 2.84. The number of hydrogen-bond donors (Lipinski definition) is 0. The third-order valence-electron chi connectivity index (χ3n) is 2.00. The predicted octanol–water partition coefficient (Wildman–Crippen LogP) is 1.27. The molecule has 1 rings (SSSR count). The summed E-state index contributed by atoms with van der Waals surface area (Å²) in [6.07, 6.45) is 0. The van der Waals surface area contributed by atoms with Gasteiger partial charge in [-0.05, 0) is 24.3 Å². The highest BCUT2D eigenvalue weighted by molar-refractivity contribution is 7.86. The Morgan fingerprint density at radius 2 is 1.84 bits per heavy atom. The van der Waals surface area contributed by atoms with Gasteiger partial charge in [-0.25, -0.2) is 0 Å². The molecule has 0 spiro atoms. The van der Waals surface area contributed by atoms with Gasteiger partial charge in [-0.15, -0.1) is 8.78 Å². The molecule has 7 nitrogen and oxygen atoms in total. The molecular formula is C9H9F2NO6S. The van der Waals surface area contributed by atoms with Crippen LogP contribution in [-0.4, -0.2) is 33.1 Å². The zero-order valence-electron chi connectivity index (χ0n) is 9.58. The summed E-state index contributed by atoms with van der Waals surface area (Å²) in [7, 11) is -3.13. The van der Waals surface area contributed by atoms with Crippen molar-refractivity contribution in [1.82, 2.24) is 0 Å². The number of benzene rings is 1. The zero-order valence-corrected chi connectivity index (χ0v) is 10.4. The third kappa shape index (κ3) is 3.83. The zero-order chi connectivity index (χ0) is 14.7. The summed E-state index contributed by atoms with van der Waals surface area (Å²) in [5.41, 5.74) is 0. The van der Waals surface area contributed by atoms with Gasteiger partial charge in [0, 0.05) is 0 Å². The van der Waals surface area contributed by atoms with Gasteiger partial charge in [-0.3, -0.25) is 14.3 Å². The number of nitrogens with zero attached hydrogens (tertiary/aromatic N) is 1. The molecule has 0 N–H and O–H groups in total. The fourth-order valence-corrected chi connectivity index (χ4v) is 1.91. The van der Waals surface area contributed by atoms with E-state index < -0.39 is 32.6 Å². The van der Waals surface area contributed by atoms with Crippen LogP contribution in [0, 0.1) is 10.1 Å². The molecule has 10 heteroatoms. The Kier molecular flexibility index (Phi) is 4.37. The Hall–Kier alpha value is -1.81. The van der Waals surface area contributed by atoms with E-state index in [0.29, 0.717) is 5.75 Å². The molecule has 0 fully saturated rings. The minimum atomic E-state index is -4.49. The van der Waals surface area contributed by atoms with Crippen molar-refractivity contribution >= 4 is 10.1 Å². The van der Waals surface area contributed by atoms with E-state index in [0.717, 1.165) is 12.1 Å². The molecule has 19 heavy (non-hydrogen) atoms. The Morgan fingerprint density at radius 1 is 1.32 bits per heavy atom. The molecule has 0 saturated heterocycles. The second-order valence-electron chi connectivity index (χ2n) is 3.31. The number of ether oxygens (including phenoxy) is 1. The number of halogens is 2. The lowest BCUT2D eigenvalue weighted by molar-refractivity contribution is -0.645. The molecule has 0 atom stereocenters. The summed E-state index contributed by atoms with van der Waals surface area (Å²) in [5, 5.41) is 9.92. The Labute approximate surface area is 107 Å². The van der Waals surface area contributed by atoms with Crippen molar-refractivity contribution in [2.24, 2.45) is 0 Å². The molecule has 0 aliphatic rings. The fourth-order valence-electron chi connectivity index (χ4n) is 1.01. The summed E-state index contributed by atoms with van der Waals surface area (Å²) < 4.78 is 56.9. The topological polar surface area (TPSA) is 95.7 Å². The highest BCUT2D eigenvalue weighted by atomic mass is 32.2. The normalized spacial score (nSPS) is 12.2. The maximum atomic E-state index is 12.6. The van der Waals surface area contributed by atoms with Crippen LogP contribution >= 0.6 is 0 Å². The van der Waals surface area contributed by atoms with E-state index in [9.17, 15) is 27.3 Å². The van der Waals surface area contributed by atoms with Crippen LogP contribution in [0.4, 0.5) is 8.78 Å². The predicted molar refractivity (Wildman–Crippen MR) is 58.1 cm³/mol. The van der Waals surface area contributed by atoms with Crippen molar-refractivity contribution in [1.29, 1.82) is 0 Å². The van der Waals surface area contributed by atoms with E-state index >= 15 is 0 Å². The molecule has 0 heterocycles. The maximum Gasteiger partial charge on any atom is 0.535 e. The molecule has 0 saturated carbocycles. The number of hydrogen-bond acceptors (Lipinski definition) is 6. The van der Waals surface area contributed by atoms with Crippen molar-refractivity contribution in [2.45, 2.75) is 10.9 Å². The minimum Gasteiger partial charge on any atom is -0.497 e. The van der Waals surface area contributed by atoms with Gasteiger partial charge in [0.25, 0.3) is 10.1 Å². The smallest absolute Gasteiger partial charge is 0.497 e. The Bertz CT molecular complexity index is 557. The number of rotatable bonds is 6. The van der Waals surface area contributed by atoms with Gasteiger partial charge in [-0.1, -0.05) is 0 Å². The van der Waals surface area contributed by atoms with Crippen LogP contribution in [-0.2, 0) is 14.3 Å². The first-order valence-electron chi connectivity index (χ1n) is 4.75. The Morgan fingerprint density at radius 3 is 2.26 bits per heavy atom. The summed E-state index contributed by atoms with van der Waals surface area (Å²) in [5.74, 6) is 0.356. The third-order valence-corrected chi connectivity index (χ3v) is 3.28. The van der Waals surface area contributed by atoms with Gasteiger partial charge in [0.05, 0.1) is 16.9 Å². The van der Waals surface area contributed by atoms with Gasteiger partial charge in [0.2, 0.25) is 6.61 Å². The van der Waals surface area contributed by atoms with Crippen molar-refractivity contribution in [2.75, 3.05) is 13.7 Å². The molecule has 0 unspecified atom stereocenters. The standard InChI is InChI=1S/C9H9F2NO6S/c1-17-7-2-4-8(5-3-7)19(15,16)18-6-9(10,11)12(13)14/h2-5H,6H2,1H3. The van der Waals surface area contributed by atoms with Gasteiger partial charge < -0.3 is 4.74 Å². The molecular weight excluding hydrogens is 288 g/mol. The van der Waals surface area contributed by atoms with Crippen LogP contribution < -0.4 is 4.74 Å². The molecule has 0 radical (unpaired) electrons. The van der Waals surface area contributed by atoms with Gasteiger partial charge in [0.1, 0.15) is 5.75 Å². The van der Waals surface area contributed by atoms with Crippen molar-refractivity contribution in [3.63, 3.8) is 0 Å². The van der Waals surface area contributed by atoms with Gasteiger partial charge in [0.15, 0.2) is 0 Å². The quantitative estimate of drug-likeness (QED) is 0.339. The highest BCUT2D eigenvalue weighted by Gasteiger charge is 2.46. The van der Waals surface area contributed by atoms with Crippen molar-refractivity contribution in [3.8, 4) is 5.75 Å². The molecule has 106 valence electrons. The number of methoxy groups -OCH3 is 1. The van der Waals surface area contributed by atoms with E-state index in [1.165, 1.54) is 19.2 Å². The summed E-state index contributed by atoms with van der Waals surface area (Å²) >= 11 is 0. The molecule has 1 aromatic carbocycles. The van der Waals surface area contributed by atoms with Crippen LogP contribution in [0.3, 0.4) is 0 Å². The molecule has 1 aromatic rings. The van der Waals surface area contributed by atoms with E-state index in [1.54, 1.807) is 0 Å². The monoisotopic (exact) mass is 297 g/mol. The van der Waals surface area contributed by atoms with E-state index in [1.807, 2.05) is 0 Å². The fraction of sp³-hybridized carbons (Fsp3) is 0.333. The first-order valence-corrected chi connectivity index (χ1v) is 6.16. The summed E-state index contributed by atoms with van der Waals surface area (Å²) in [6.45, 7) is -1.87. The van der Waals surface area contributed by atoms with Gasteiger partial charge >= 0.3 is 6.05 Å². The molecule has 0 bridgehead atoms. The number of alkyl halides is 2. The van der Waals surface area contributed by atoms with Crippen LogP contribution in [0.15, 0.2) is 29.2 Å². The minimum absolute atomic E-state index is 0.356. The highest BCUT2D eigenvalue weighted by Crippen LogP contribution is 2.20. The van der Waals surface area contributed by atoms with Crippen LogP contribution in [0.5, 0.6) is 5.75 Å². The van der Waals surface area contributed by atoms with Crippen LogP contribution in [0.25, 0.3) is 0 Å². The first kappa shape index (κ1) is 15.2. The van der Waals surface area contributed by atoms with E-state index in [2.05, 4.69) is 4.18 Å². The maximum absolute atomic E-state index is 12.6. The lowest BCUT2D eigenvalue weighted by Crippen LogP contribution is -2.34. The molecule has 0 aliphatic heterocycles. The second-order valence-corrected chi connectivity index (χ2v) is 4.93. The SMILES string of the molecule is COc1ccc(S(=O)(=O)OCC(F)(F)[N+](=O)[O-])cc1.